The van der Waals surface area contributed by atoms with Crippen molar-refractivity contribution in [3.05, 3.63) is 34.9 Å². The summed E-state index contributed by atoms with van der Waals surface area (Å²) in [4.78, 5) is 0. The number of halogens is 3. The van der Waals surface area contributed by atoms with Crippen LogP contribution in [0.25, 0.3) is 0 Å². The molecule has 1 aliphatic rings. The molecule has 0 unspecified atom stereocenters. The van der Waals surface area contributed by atoms with Crippen molar-refractivity contribution in [1.29, 1.82) is 0 Å². The highest BCUT2D eigenvalue weighted by atomic mass is 19.4. The molecule has 88 valence electrons. The van der Waals surface area contributed by atoms with Gasteiger partial charge in [-0.2, -0.15) is 13.2 Å². The Kier molecular flexibility index (Phi) is 2.67. The normalized spacial score (nSPS) is 25.3. The molecule has 0 fully saturated rings. The summed E-state index contributed by atoms with van der Waals surface area (Å²) >= 11 is 0. The summed E-state index contributed by atoms with van der Waals surface area (Å²) < 4.78 is 42.6. The molecule has 0 saturated carbocycles. The van der Waals surface area contributed by atoms with Gasteiger partial charge >= 0.3 is 6.18 Å². The molecular weight excluding hydrogens is 221 g/mol. The van der Waals surface area contributed by atoms with Crippen molar-refractivity contribution in [2.45, 2.75) is 25.3 Å². The molecule has 1 heterocycles. The molecule has 2 atom stereocenters. The first-order valence-electron chi connectivity index (χ1n) is 4.90. The van der Waals surface area contributed by atoms with Gasteiger partial charge in [0.25, 0.3) is 0 Å². The zero-order valence-corrected chi connectivity index (χ0v) is 8.58. The average Bonchev–Trinajstić information content (AvgIpc) is 2.22. The summed E-state index contributed by atoms with van der Waals surface area (Å²) in [6.07, 6.45) is -5.62. The molecule has 1 aliphatic heterocycles. The fourth-order valence-electron chi connectivity index (χ4n) is 1.82. The van der Waals surface area contributed by atoms with E-state index in [0.29, 0.717) is 11.1 Å². The molecular formula is C11H11F3O2. The van der Waals surface area contributed by atoms with Crippen molar-refractivity contribution in [2.75, 3.05) is 6.61 Å². The summed E-state index contributed by atoms with van der Waals surface area (Å²) in [6.45, 7) is 1.80. The van der Waals surface area contributed by atoms with Gasteiger partial charge in [0.05, 0.1) is 18.3 Å². The Morgan fingerprint density at radius 3 is 2.62 bits per heavy atom. The molecule has 1 aromatic rings. The largest absolute Gasteiger partial charge is 0.416 e. The van der Waals surface area contributed by atoms with Crippen LogP contribution in [0.5, 0.6) is 0 Å². The highest BCUT2D eigenvalue weighted by Crippen LogP contribution is 2.37. The third-order valence-corrected chi connectivity index (χ3v) is 2.72. The van der Waals surface area contributed by atoms with Gasteiger partial charge in [-0.1, -0.05) is 6.07 Å². The second-order valence-electron chi connectivity index (χ2n) is 3.83. The molecule has 0 saturated heterocycles. The van der Waals surface area contributed by atoms with Gasteiger partial charge in [-0.15, -0.1) is 0 Å². The zero-order chi connectivity index (χ0) is 11.9. The Labute approximate surface area is 90.7 Å². The molecule has 0 spiro atoms. The Hall–Kier alpha value is -1.07. The topological polar surface area (TPSA) is 29.5 Å². The van der Waals surface area contributed by atoms with Crippen molar-refractivity contribution in [1.82, 2.24) is 0 Å². The second kappa shape index (κ2) is 3.75. The second-order valence-corrected chi connectivity index (χ2v) is 3.83. The van der Waals surface area contributed by atoms with Crippen LogP contribution in [0, 0.1) is 0 Å². The number of aliphatic hydroxyl groups excluding tert-OH is 1. The lowest BCUT2D eigenvalue weighted by atomic mass is 9.94. The van der Waals surface area contributed by atoms with Crippen LogP contribution in [0.4, 0.5) is 13.2 Å². The van der Waals surface area contributed by atoms with Gasteiger partial charge in [-0.05, 0) is 30.2 Å². The molecule has 0 aliphatic carbocycles. The third-order valence-electron chi connectivity index (χ3n) is 2.72. The highest BCUT2D eigenvalue weighted by Gasteiger charge is 2.33. The van der Waals surface area contributed by atoms with Gasteiger partial charge in [0.1, 0.15) is 6.10 Å². The number of rotatable bonds is 0. The fourth-order valence-corrected chi connectivity index (χ4v) is 1.82. The SMILES string of the molecule is C[C@H]1OC[C@H](O)c2ccc(C(F)(F)F)cc21. The summed E-state index contributed by atoms with van der Waals surface area (Å²) in [5.41, 5.74) is 0.219. The maximum absolute atomic E-state index is 12.5. The van der Waals surface area contributed by atoms with Crippen molar-refractivity contribution in [3.8, 4) is 0 Å². The molecule has 1 aromatic carbocycles. The third kappa shape index (κ3) is 1.92. The van der Waals surface area contributed by atoms with E-state index in [2.05, 4.69) is 0 Å². The standard InChI is InChI=1S/C11H11F3O2/c1-6-9-4-7(11(12,13)14)2-3-8(9)10(15)5-16-6/h2-4,6,10,15H,5H2,1H3/t6-,10+/m1/s1. The Morgan fingerprint density at radius 2 is 2.00 bits per heavy atom. The van der Waals surface area contributed by atoms with Crippen molar-refractivity contribution < 1.29 is 23.0 Å². The van der Waals surface area contributed by atoms with Crippen LogP contribution in [-0.4, -0.2) is 11.7 Å². The van der Waals surface area contributed by atoms with Crippen LogP contribution in [0.1, 0.15) is 35.8 Å². The highest BCUT2D eigenvalue weighted by molar-refractivity contribution is 5.37. The number of hydrogen-bond acceptors (Lipinski definition) is 2. The quantitative estimate of drug-likeness (QED) is 0.745. The summed E-state index contributed by atoms with van der Waals surface area (Å²) in [6, 6.07) is 3.35. The van der Waals surface area contributed by atoms with Crippen molar-refractivity contribution in [3.63, 3.8) is 0 Å². The summed E-state index contributed by atoms with van der Waals surface area (Å²) in [5.74, 6) is 0. The number of alkyl halides is 3. The first-order chi connectivity index (χ1) is 7.39. The maximum Gasteiger partial charge on any atom is 0.416 e. The first kappa shape index (κ1) is 11.4. The first-order valence-corrected chi connectivity index (χ1v) is 4.90. The number of ether oxygens (including phenoxy) is 1. The van der Waals surface area contributed by atoms with E-state index in [1.165, 1.54) is 6.07 Å². The molecule has 16 heavy (non-hydrogen) atoms. The predicted molar refractivity (Wildman–Crippen MR) is 50.8 cm³/mol. The number of benzene rings is 1. The smallest absolute Gasteiger partial charge is 0.386 e. The van der Waals surface area contributed by atoms with E-state index < -0.39 is 23.9 Å². The molecule has 2 nitrogen and oxygen atoms in total. The van der Waals surface area contributed by atoms with Gasteiger partial charge < -0.3 is 9.84 Å². The van der Waals surface area contributed by atoms with Crippen LogP contribution in [0.15, 0.2) is 18.2 Å². The fraction of sp³-hybridized carbons (Fsp3) is 0.455. The Balaban J connectivity index is 2.48. The van der Waals surface area contributed by atoms with E-state index in [0.717, 1.165) is 12.1 Å². The average molecular weight is 232 g/mol. The molecule has 0 aromatic heterocycles. The molecule has 0 radical (unpaired) electrons. The van der Waals surface area contributed by atoms with Gasteiger partial charge in [0.15, 0.2) is 0 Å². The molecule has 2 rings (SSSR count). The van der Waals surface area contributed by atoms with Crippen molar-refractivity contribution >= 4 is 0 Å². The maximum atomic E-state index is 12.5. The monoisotopic (exact) mass is 232 g/mol. The lowest BCUT2D eigenvalue weighted by Gasteiger charge is -2.27. The molecule has 0 amide bonds. The number of hydrogen-bond donors (Lipinski definition) is 1. The molecule has 0 bridgehead atoms. The summed E-state index contributed by atoms with van der Waals surface area (Å²) in [7, 11) is 0. The molecule has 1 N–H and O–H groups in total. The van der Waals surface area contributed by atoms with Crippen LogP contribution in [-0.2, 0) is 10.9 Å². The van der Waals surface area contributed by atoms with E-state index in [1.807, 2.05) is 0 Å². The van der Waals surface area contributed by atoms with Gasteiger partial charge in [0.2, 0.25) is 0 Å². The minimum atomic E-state index is -4.36. The van der Waals surface area contributed by atoms with E-state index in [4.69, 9.17) is 4.74 Å². The van der Waals surface area contributed by atoms with E-state index in [1.54, 1.807) is 6.92 Å². The van der Waals surface area contributed by atoms with Crippen LogP contribution < -0.4 is 0 Å². The molecule has 5 heteroatoms. The van der Waals surface area contributed by atoms with Gasteiger partial charge in [-0.3, -0.25) is 0 Å². The number of fused-ring (bicyclic) bond motifs is 1. The van der Waals surface area contributed by atoms with Crippen LogP contribution >= 0.6 is 0 Å². The van der Waals surface area contributed by atoms with E-state index in [9.17, 15) is 18.3 Å². The minimum Gasteiger partial charge on any atom is -0.386 e. The Morgan fingerprint density at radius 1 is 1.31 bits per heavy atom. The number of aliphatic hydroxyl groups is 1. The summed E-state index contributed by atoms with van der Waals surface area (Å²) in [5, 5.41) is 9.57. The van der Waals surface area contributed by atoms with E-state index >= 15 is 0 Å². The van der Waals surface area contributed by atoms with Crippen LogP contribution in [0.3, 0.4) is 0 Å². The van der Waals surface area contributed by atoms with Crippen LogP contribution in [0.2, 0.25) is 0 Å². The minimum absolute atomic E-state index is 0.125. The van der Waals surface area contributed by atoms with Gasteiger partial charge in [0, 0.05) is 0 Å². The lowest BCUT2D eigenvalue weighted by molar-refractivity contribution is -0.137. The Bertz CT molecular complexity index is 401. The van der Waals surface area contributed by atoms with Crippen molar-refractivity contribution in [2.24, 2.45) is 0 Å². The predicted octanol–water partition coefficient (Wildman–Crippen LogP) is 2.83. The lowest BCUT2D eigenvalue weighted by Crippen LogP contribution is -2.20. The van der Waals surface area contributed by atoms with E-state index in [-0.39, 0.29) is 6.61 Å². The zero-order valence-electron chi connectivity index (χ0n) is 8.58. The van der Waals surface area contributed by atoms with Gasteiger partial charge in [-0.25, -0.2) is 0 Å².